The molecule has 0 fully saturated rings. The van der Waals surface area contributed by atoms with Crippen LogP contribution in [0, 0.1) is 6.92 Å². The summed E-state index contributed by atoms with van der Waals surface area (Å²) >= 11 is 0. The third kappa shape index (κ3) is 3.79. The van der Waals surface area contributed by atoms with Gasteiger partial charge in [-0.3, -0.25) is 4.79 Å². The molecule has 1 aromatic heterocycles. The number of carbonyl (C=O) groups is 1. The molecule has 0 bridgehead atoms. The van der Waals surface area contributed by atoms with Crippen molar-refractivity contribution in [2.45, 2.75) is 26.7 Å². The SMILES string of the molecule is CCCCOc1ccc(-c2nn(-c3ccccc3)cc2C=O)cc1C. The molecular formula is C21H22N2O2. The zero-order valence-electron chi connectivity index (χ0n) is 14.6. The van der Waals surface area contributed by atoms with Gasteiger partial charge in [-0.25, -0.2) is 4.68 Å². The van der Waals surface area contributed by atoms with E-state index >= 15 is 0 Å². The van der Waals surface area contributed by atoms with Crippen molar-refractivity contribution in [3.05, 3.63) is 65.9 Å². The van der Waals surface area contributed by atoms with Crippen LogP contribution < -0.4 is 4.74 Å². The lowest BCUT2D eigenvalue weighted by Gasteiger charge is -2.10. The molecule has 0 aliphatic heterocycles. The monoisotopic (exact) mass is 334 g/mol. The van der Waals surface area contributed by atoms with E-state index in [1.807, 2.05) is 55.5 Å². The zero-order chi connectivity index (χ0) is 17.6. The average molecular weight is 334 g/mol. The first-order valence-corrected chi connectivity index (χ1v) is 8.57. The number of carbonyl (C=O) groups excluding carboxylic acids is 1. The largest absolute Gasteiger partial charge is 0.493 e. The van der Waals surface area contributed by atoms with Gasteiger partial charge in [-0.2, -0.15) is 5.10 Å². The van der Waals surface area contributed by atoms with Crippen LogP contribution in [-0.4, -0.2) is 22.7 Å². The first-order chi connectivity index (χ1) is 12.2. The van der Waals surface area contributed by atoms with Crippen molar-refractivity contribution in [1.29, 1.82) is 0 Å². The standard InChI is InChI=1S/C21H22N2O2/c1-3-4-12-25-20-11-10-17(13-16(20)2)21-18(15-24)14-23(22-21)19-8-6-5-7-9-19/h5-11,13-15H,3-4,12H2,1-2H3. The van der Waals surface area contributed by atoms with Gasteiger partial charge in [0.2, 0.25) is 0 Å². The number of nitrogens with zero attached hydrogens (tertiary/aromatic N) is 2. The fourth-order valence-corrected chi connectivity index (χ4v) is 2.70. The van der Waals surface area contributed by atoms with Crippen LogP contribution in [0.4, 0.5) is 0 Å². The number of para-hydroxylation sites is 1. The predicted octanol–water partition coefficient (Wildman–Crippen LogP) is 4.84. The Hall–Kier alpha value is -2.88. The van der Waals surface area contributed by atoms with Gasteiger partial charge in [0.05, 0.1) is 17.9 Å². The number of rotatable bonds is 7. The van der Waals surface area contributed by atoms with Crippen LogP contribution >= 0.6 is 0 Å². The van der Waals surface area contributed by atoms with E-state index in [1.54, 1.807) is 10.9 Å². The second-order valence-corrected chi connectivity index (χ2v) is 6.01. The van der Waals surface area contributed by atoms with Crippen molar-refractivity contribution >= 4 is 6.29 Å². The van der Waals surface area contributed by atoms with Crippen molar-refractivity contribution in [2.75, 3.05) is 6.61 Å². The van der Waals surface area contributed by atoms with Crippen LogP contribution in [0.1, 0.15) is 35.7 Å². The van der Waals surface area contributed by atoms with Crippen LogP contribution in [0.2, 0.25) is 0 Å². The van der Waals surface area contributed by atoms with E-state index in [0.29, 0.717) is 11.3 Å². The second-order valence-electron chi connectivity index (χ2n) is 6.01. The topological polar surface area (TPSA) is 44.1 Å². The van der Waals surface area contributed by atoms with Crippen molar-refractivity contribution < 1.29 is 9.53 Å². The minimum Gasteiger partial charge on any atom is -0.493 e. The lowest BCUT2D eigenvalue weighted by atomic mass is 10.1. The molecule has 3 aromatic rings. The minimum atomic E-state index is 0.572. The number of unbranched alkanes of at least 4 members (excludes halogenated alkanes) is 1. The summed E-state index contributed by atoms with van der Waals surface area (Å²) in [4.78, 5) is 11.5. The van der Waals surface area contributed by atoms with Crippen molar-refractivity contribution in [3.63, 3.8) is 0 Å². The van der Waals surface area contributed by atoms with E-state index in [2.05, 4.69) is 12.0 Å². The van der Waals surface area contributed by atoms with Gasteiger partial charge >= 0.3 is 0 Å². The highest BCUT2D eigenvalue weighted by Gasteiger charge is 2.13. The average Bonchev–Trinajstić information content (AvgIpc) is 3.08. The number of aryl methyl sites for hydroxylation is 1. The summed E-state index contributed by atoms with van der Waals surface area (Å²) < 4.78 is 7.54. The van der Waals surface area contributed by atoms with E-state index in [4.69, 9.17) is 4.74 Å². The summed E-state index contributed by atoms with van der Waals surface area (Å²) in [5, 5.41) is 4.61. The Morgan fingerprint density at radius 3 is 2.64 bits per heavy atom. The number of hydrogen-bond acceptors (Lipinski definition) is 3. The van der Waals surface area contributed by atoms with Crippen molar-refractivity contribution in [1.82, 2.24) is 9.78 Å². The quantitative estimate of drug-likeness (QED) is 0.459. The Morgan fingerprint density at radius 2 is 1.96 bits per heavy atom. The molecular weight excluding hydrogens is 312 g/mol. The number of aromatic nitrogens is 2. The highest BCUT2D eigenvalue weighted by atomic mass is 16.5. The molecule has 0 amide bonds. The Bertz CT molecular complexity index is 854. The normalized spacial score (nSPS) is 10.6. The molecule has 0 spiro atoms. The Kier molecular flexibility index (Phi) is 5.29. The molecule has 4 heteroatoms. The summed E-state index contributed by atoms with van der Waals surface area (Å²) in [6.45, 7) is 4.88. The molecule has 0 atom stereocenters. The van der Waals surface area contributed by atoms with Gasteiger partial charge in [0.1, 0.15) is 11.4 Å². The molecule has 1 heterocycles. The summed E-state index contributed by atoms with van der Waals surface area (Å²) in [7, 11) is 0. The van der Waals surface area contributed by atoms with E-state index in [1.165, 1.54) is 0 Å². The fourth-order valence-electron chi connectivity index (χ4n) is 2.70. The van der Waals surface area contributed by atoms with E-state index in [-0.39, 0.29) is 0 Å². The maximum atomic E-state index is 11.5. The Labute approximate surface area is 148 Å². The molecule has 0 aliphatic rings. The van der Waals surface area contributed by atoms with Crippen molar-refractivity contribution in [2.24, 2.45) is 0 Å². The van der Waals surface area contributed by atoms with Crippen molar-refractivity contribution in [3.8, 4) is 22.7 Å². The molecule has 3 rings (SSSR count). The van der Waals surface area contributed by atoms with E-state index < -0.39 is 0 Å². The number of aldehydes is 1. The van der Waals surface area contributed by atoms with Crippen LogP contribution in [0.15, 0.2) is 54.7 Å². The molecule has 25 heavy (non-hydrogen) atoms. The third-order valence-corrected chi connectivity index (χ3v) is 4.09. The van der Waals surface area contributed by atoms with Crippen LogP contribution in [0.25, 0.3) is 16.9 Å². The first-order valence-electron chi connectivity index (χ1n) is 8.57. The molecule has 0 N–H and O–H groups in total. The smallest absolute Gasteiger partial charge is 0.153 e. The predicted molar refractivity (Wildman–Crippen MR) is 99.5 cm³/mol. The molecule has 128 valence electrons. The summed E-state index contributed by atoms with van der Waals surface area (Å²) in [6.07, 6.45) is 4.76. The Morgan fingerprint density at radius 1 is 1.16 bits per heavy atom. The number of benzene rings is 2. The maximum absolute atomic E-state index is 11.5. The Balaban J connectivity index is 1.92. The maximum Gasteiger partial charge on any atom is 0.153 e. The van der Waals surface area contributed by atoms with Crippen LogP contribution in [-0.2, 0) is 0 Å². The molecule has 0 radical (unpaired) electrons. The third-order valence-electron chi connectivity index (χ3n) is 4.09. The van der Waals surface area contributed by atoms with Gasteiger partial charge < -0.3 is 4.74 Å². The van der Waals surface area contributed by atoms with E-state index in [0.717, 1.165) is 48.3 Å². The molecule has 0 aliphatic carbocycles. The summed E-state index contributed by atoms with van der Waals surface area (Å²) in [5.41, 5.74) is 4.13. The van der Waals surface area contributed by atoms with Gasteiger partial charge in [-0.1, -0.05) is 31.5 Å². The molecule has 0 unspecified atom stereocenters. The van der Waals surface area contributed by atoms with Gasteiger partial charge in [-0.15, -0.1) is 0 Å². The van der Waals surface area contributed by atoms with Crippen LogP contribution in [0.3, 0.4) is 0 Å². The lowest BCUT2D eigenvalue weighted by Crippen LogP contribution is -1.98. The summed E-state index contributed by atoms with van der Waals surface area (Å²) in [5.74, 6) is 0.882. The second kappa shape index (κ2) is 7.79. The summed E-state index contributed by atoms with van der Waals surface area (Å²) in [6, 6.07) is 15.7. The minimum absolute atomic E-state index is 0.572. The first kappa shape index (κ1) is 17.0. The van der Waals surface area contributed by atoms with Gasteiger partial charge in [0.15, 0.2) is 6.29 Å². The fraction of sp³-hybridized carbons (Fsp3) is 0.238. The molecule has 4 nitrogen and oxygen atoms in total. The molecule has 2 aromatic carbocycles. The van der Waals surface area contributed by atoms with Gasteiger partial charge in [0.25, 0.3) is 0 Å². The van der Waals surface area contributed by atoms with E-state index in [9.17, 15) is 4.79 Å². The number of ether oxygens (including phenoxy) is 1. The number of hydrogen-bond donors (Lipinski definition) is 0. The highest BCUT2D eigenvalue weighted by molar-refractivity contribution is 5.85. The highest BCUT2D eigenvalue weighted by Crippen LogP contribution is 2.28. The lowest BCUT2D eigenvalue weighted by molar-refractivity contribution is 0.112. The van der Waals surface area contributed by atoms with Crippen LogP contribution in [0.5, 0.6) is 5.75 Å². The zero-order valence-corrected chi connectivity index (χ0v) is 14.6. The molecule has 0 saturated carbocycles. The van der Waals surface area contributed by atoms with Gasteiger partial charge in [-0.05, 0) is 49.2 Å². The molecule has 0 saturated heterocycles. The van der Waals surface area contributed by atoms with Gasteiger partial charge in [0, 0.05) is 11.8 Å².